The van der Waals surface area contributed by atoms with Crippen LogP contribution in [-0.4, -0.2) is 62.7 Å². The van der Waals surface area contributed by atoms with E-state index < -0.39 is 6.10 Å². The molecule has 32 heavy (non-hydrogen) atoms. The number of rotatable bonds is 4. The van der Waals surface area contributed by atoms with E-state index in [9.17, 15) is 5.11 Å². The summed E-state index contributed by atoms with van der Waals surface area (Å²) in [5, 5.41) is 10.5. The first-order chi connectivity index (χ1) is 15.6. The summed E-state index contributed by atoms with van der Waals surface area (Å²) < 4.78 is 17.1. The van der Waals surface area contributed by atoms with Crippen molar-refractivity contribution < 1.29 is 19.3 Å². The minimum atomic E-state index is -0.602. The minimum Gasteiger partial charge on any atom is -0.469 e. The van der Waals surface area contributed by atoms with Gasteiger partial charge in [0.15, 0.2) is 6.10 Å². The highest BCUT2D eigenvalue weighted by molar-refractivity contribution is 6.31. The number of benzene rings is 1. The van der Waals surface area contributed by atoms with E-state index in [1.54, 1.807) is 18.5 Å². The van der Waals surface area contributed by atoms with E-state index in [1.807, 2.05) is 36.4 Å². The molecule has 2 aliphatic rings. The molecule has 8 nitrogen and oxygen atoms in total. The van der Waals surface area contributed by atoms with Crippen molar-refractivity contribution in [3.05, 3.63) is 59.9 Å². The van der Waals surface area contributed by atoms with Crippen LogP contribution in [0.4, 0.5) is 0 Å². The van der Waals surface area contributed by atoms with Gasteiger partial charge >= 0.3 is 0 Å². The van der Waals surface area contributed by atoms with Crippen LogP contribution < -0.4 is 4.74 Å². The molecule has 0 unspecified atom stereocenters. The molecular formula is C23H19ClN4O4. The van der Waals surface area contributed by atoms with Gasteiger partial charge in [0.05, 0.1) is 29.9 Å². The topological polar surface area (TPSA) is 102 Å². The van der Waals surface area contributed by atoms with Crippen molar-refractivity contribution in [2.75, 3.05) is 13.2 Å². The number of aromatic nitrogens is 4. The van der Waals surface area contributed by atoms with Crippen molar-refractivity contribution in [1.29, 1.82) is 0 Å². The molecule has 2 fully saturated rings. The molecule has 2 N–H and O–H groups in total. The minimum absolute atomic E-state index is 0.269. The summed E-state index contributed by atoms with van der Waals surface area (Å²) in [5.74, 6) is 1.21. The highest BCUT2D eigenvalue weighted by Crippen LogP contribution is 2.30. The third kappa shape index (κ3) is 3.51. The van der Waals surface area contributed by atoms with Crippen LogP contribution in [0.5, 0.6) is 5.88 Å². The second-order valence-electron chi connectivity index (χ2n) is 7.88. The SMILES string of the molecule is O[C@H]1CO[C@@H]2[C@H]1OC[C@@H]2Oc1ccc(-c2ccc(-c3nc4ccc(Cl)cc4[nH]3)cn2)cn1. The Bertz CT molecular complexity index is 1260. The first kappa shape index (κ1) is 19.6. The molecule has 2 saturated heterocycles. The van der Waals surface area contributed by atoms with Crippen LogP contribution in [0, 0.1) is 0 Å². The molecule has 3 aromatic heterocycles. The van der Waals surface area contributed by atoms with Crippen LogP contribution in [0.25, 0.3) is 33.7 Å². The van der Waals surface area contributed by atoms with Gasteiger partial charge in [0.2, 0.25) is 5.88 Å². The number of aliphatic hydroxyl groups is 1. The Kier molecular flexibility index (Phi) is 4.80. The maximum Gasteiger partial charge on any atom is 0.213 e. The molecule has 162 valence electrons. The average Bonchev–Trinajstić information content (AvgIpc) is 3.51. The normalized spacial score (nSPS) is 24.7. The molecule has 0 spiro atoms. The monoisotopic (exact) mass is 450 g/mol. The number of imidazole rings is 1. The summed E-state index contributed by atoms with van der Waals surface area (Å²) in [6.07, 6.45) is 2.01. The van der Waals surface area contributed by atoms with Crippen LogP contribution in [0.1, 0.15) is 0 Å². The van der Waals surface area contributed by atoms with Gasteiger partial charge in [0.25, 0.3) is 0 Å². The first-order valence-corrected chi connectivity index (χ1v) is 10.7. The fourth-order valence-electron chi connectivity index (χ4n) is 4.12. The number of pyridine rings is 2. The Morgan fingerprint density at radius 1 is 0.969 bits per heavy atom. The van der Waals surface area contributed by atoms with E-state index in [-0.39, 0.29) is 24.9 Å². The zero-order valence-electron chi connectivity index (χ0n) is 16.8. The number of aliphatic hydroxyl groups excluding tert-OH is 1. The summed E-state index contributed by atoms with van der Waals surface area (Å²) in [7, 11) is 0. The number of ether oxygens (including phenoxy) is 3. The van der Waals surface area contributed by atoms with E-state index in [0.717, 1.165) is 33.7 Å². The second kappa shape index (κ2) is 7.83. The van der Waals surface area contributed by atoms with Crippen molar-refractivity contribution in [3.8, 4) is 28.5 Å². The van der Waals surface area contributed by atoms with E-state index in [1.165, 1.54) is 0 Å². The summed E-state index contributed by atoms with van der Waals surface area (Å²) in [4.78, 5) is 16.8. The van der Waals surface area contributed by atoms with Gasteiger partial charge in [0.1, 0.15) is 24.1 Å². The molecule has 0 radical (unpaired) electrons. The van der Waals surface area contributed by atoms with Crippen LogP contribution in [0.2, 0.25) is 5.02 Å². The summed E-state index contributed by atoms with van der Waals surface area (Å²) in [6, 6.07) is 13.1. The summed E-state index contributed by atoms with van der Waals surface area (Å²) in [5.41, 5.74) is 4.27. The average molecular weight is 451 g/mol. The fraction of sp³-hybridized carbons (Fsp3) is 0.261. The second-order valence-corrected chi connectivity index (χ2v) is 8.32. The van der Waals surface area contributed by atoms with Crippen molar-refractivity contribution >= 4 is 22.6 Å². The molecule has 0 bridgehead atoms. The van der Waals surface area contributed by atoms with Crippen LogP contribution >= 0.6 is 11.6 Å². The Morgan fingerprint density at radius 3 is 2.62 bits per heavy atom. The van der Waals surface area contributed by atoms with Crippen molar-refractivity contribution in [2.45, 2.75) is 24.4 Å². The Balaban J connectivity index is 1.17. The Labute approximate surface area is 188 Å². The highest BCUT2D eigenvalue weighted by Gasteiger charge is 2.48. The van der Waals surface area contributed by atoms with Crippen LogP contribution in [-0.2, 0) is 9.47 Å². The molecule has 0 aliphatic carbocycles. The number of nitrogens with one attached hydrogen (secondary N) is 1. The first-order valence-electron chi connectivity index (χ1n) is 10.3. The molecule has 4 atom stereocenters. The van der Waals surface area contributed by atoms with Gasteiger partial charge in [0, 0.05) is 34.6 Å². The molecule has 0 saturated carbocycles. The van der Waals surface area contributed by atoms with Crippen LogP contribution in [0.15, 0.2) is 54.9 Å². The van der Waals surface area contributed by atoms with Gasteiger partial charge < -0.3 is 24.3 Å². The van der Waals surface area contributed by atoms with Crippen molar-refractivity contribution in [3.63, 3.8) is 0 Å². The number of hydrogen-bond acceptors (Lipinski definition) is 7. The smallest absolute Gasteiger partial charge is 0.213 e. The van der Waals surface area contributed by atoms with E-state index >= 15 is 0 Å². The summed E-state index contributed by atoms with van der Waals surface area (Å²) in [6.45, 7) is 0.637. The molecule has 4 aromatic rings. The van der Waals surface area contributed by atoms with E-state index in [2.05, 4.69) is 19.9 Å². The third-order valence-corrected chi connectivity index (χ3v) is 6.00. The molecular weight excluding hydrogens is 432 g/mol. The van der Waals surface area contributed by atoms with E-state index in [0.29, 0.717) is 17.5 Å². The molecule has 1 aromatic carbocycles. The van der Waals surface area contributed by atoms with Gasteiger partial charge in [-0.25, -0.2) is 9.97 Å². The molecule has 0 amide bonds. The molecule has 6 rings (SSSR count). The zero-order valence-corrected chi connectivity index (χ0v) is 17.6. The number of aromatic amines is 1. The van der Waals surface area contributed by atoms with Gasteiger partial charge in [-0.2, -0.15) is 0 Å². The number of halogens is 1. The molecule has 5 heterocycles. The lowest BCUT2D eigenvalue weighted by atomic mass is 10.1. The number of H-pyrrole nitrogens is 1. The van der Waals surface area contributed by atoms with Crippen LogP contribution in [0.3, 0.4) is 0 Å². The predicted octanol–water partition coefficient (Wildman–Crippen LogP) is 3.25. The molecule has 2 aliphatic heterocycles. The highest BCUT2D eigenvalue weighted by atomic mass is 35.5. The lowest BCUT2D eigenvalue weighted by Crippen LogP contribution is -2.34. The number of hydrogen-bond donors (Lipinski definition) is 2. The maximum absolute atomic E-state index is 9.85. The standard InChI is InChI=1S/C23H19ClN4O4/c24-14-3-5-16-17(7-14)28-23(27-16)13-1-4-15(25-9-13)12-2-6-20(26-8-12)32-19-11-31-21-18(29)10-30-22(19)21/h1-9,18-19,21-22,29H,10-11H2,(H,27,28)/t18-,19-,21-,22-/m0/s1. The van der Waals surface area contributed by atoms with Gasteiger partial charge in [-0.15, -0.1) is 0 Å². The van der Waals surface area contributed by atoms with Gasteiger partial charge in [-0.05, 0) is 36.4 Å². The lowest BCUT2D eigenvalue weighted by molar-refractivity contribution is 0.00780. The largest absolute Gasteiger partial charge is 0.469 e. The molecule has 9 heteroatoms. The fourth-order valence-corrected chi connectivity index (χ4v) is 4.30. The quantitative estimate of drug-likeness (QED) is 0.492. The maximum atomic E-state index is 9.85. The van der Waals surface area contributed by atoms with Crippen molar-refractivity contribution in [1.82, 2.24) is 19.9 Å². The predicted molar refractivity (Wildman–Crippen MR) is 117 cm³/mol. The number of fused-ring (bicyclic) bond motifs is 2. The zero-order chi connectivity index (χ0) is 21.7. The third-order valence-electron chi connectivity index (χ3n) is 5.77. The van der Waals surface area contributed by atoms with Crippen molar-refractivity contribution in [2.24, 2.45) is 0 Å². The summed E-state index contributed by atoms with van der Waals surface area (Å²) >= 11 is 6.05. The Morgan fingerprint density at radius 2 is 1.81 bits per heavy atom. The Hall–Kier alpha value is -3.04. The van der Waals surface area contributed by atoms with E-state index in [4.69, 9.17) is 25.8 Å². The van der Waals surface area contributed by atoms with Gasteiger partial charge in [-0.3, -0.25) is 4.98 Å². The lowest BCUT2D eigenvalue weighted by Gasteiger charge is -2.17. The number of nitrogens with zero attached hydrogens (tertiary/aromatic N) is 3. The van der Waals surface area contributed by atoms with Gasteiger partial charge in [-0.1, -0.05) is 11.6 Å².